The van der Waals surface area contributed by atoms with Crippen molar-refractivity contribution in [3.8, 4) is 16.9 Å². The molecule has 0 atom stereocenters. The zero-order chi connectivity index (χ0) is 23.1. The van der Waals surface area contributed by atoms with Gasteiger partial charge in [-0.1, -0.05) is 42.1 Å². The largest absolute Gasteiger partial charge is 0.482 e. The zero-order valence-electron chi connectivity index (χ0n) is 17.9. The molecule has 9 heteroatoms. The number of benzene rings is 2. The number of likely N-dealkylation sites (N-methyl/N-ethyl adjacent to an activating group) is 1. The molecule has 0 spiro atoms. The Labute approximate surface area is 197 Å². The molecule has 1 aliphatic heterocycles. The number of thioether (sulfide) groups is 1. The summed E-state index contributed by atoms with van der Waals surface area (Å²) in [4.78, 5) is 48.2. The highest BCUT2D eigenvalue weighted by molar-refractivity contribution is 7.99. The van der Waals surface area contributed by atoms with Crippen molar-refractivity contribution in [3.05, 3.63) is 69.3 Å². The van der Waals surface area contributed by atoms with Gasteiger partial charge in [-0.3, -0.25) is 14.4 Å². The lowest BCUT2D eigenvalue weighted by Gasteiger charge is -2.26. The summed E-state index contributed by atoms with van der Waals surface area (Å²) in [5.41, 5.74) is 2.69. The van der Waals surface area contributed by atoms with Gasteiger partial charge in [-0.15, -0.1) is 11.3 Å². The molecule has 1 N–H and O–H groups in total. The second-order valence-corrected chi connectivity index (χ2v) is 9.75. The van der Waals surface area contributed by atoms with E-state index in [4.69, 9.17) is 4.74 Å². The van der Waals surface area contributed by atoms with E-state index < -0.39 is 0 Å². The fourth-order valence-electron chi connectivity index (χ4n) is 3.78. The number of hydrogen-bond donors (Lipinski definition) is 1. The van der Waals surface area contributed by atoms with Gasteiger partial charge in [-0.2, -0.15) is 0 Å². The number of fused-ring (bicyclic) bond motifs is 2. The smallest absolute Gasteiger partial charge is 0.264 e. The molecular formula is C24H19N3O4S2. The molecule has 7 nitrogen and oxygen atoms in total. The number of carbonyl (C=O) groups is 2. The van der Waals surface area contributed by atoms with Gasteiger partial charge in [0.15, 0.2) is 17.5 Å². The van der Waals surface area contributed by atoms with Crippen LogP contribution in [0.15, 0.2) is 58.5 Å². The van der Waals surface area contributed by atoms with Crippen LogP contribution >= 0.6 is 23.1 Å². The Hall–Kier alpha value is -3.43. The maximum atomic E-state index is 12.9. The van der Waals surface area contributed by atoms with Crippen molar-refractivity contribution in [2.75, 3.05) is 24.3 Å². The number of rotatable bonds is 5. The maximum Gasteiger partial charge on any atom is 0.264 e. The number of carbonyl (C=O) groups excluding carboxylic acids is 2. The lowest BCUT2D eigenvalue weighted by molar-refractivity contribution is -0.120. The van der Waals surface area contributed by atoms with Crippen molar-refractivity contribution in [3.63, 3.8) is 0 Å². The molecule has 1 amide bonds. The molecule has 4 aromatic rings. The minimum absolute atomic E-state index is 0.0116. The van der Waals surface area contributed by atoms with Crippen LogP contribution < -0.4 is 15.2 Å². The van der Waals surface area contributed by atoms with Crippen LogP contribution in [0.1, 0.15) is 15.2 Å². The van der Waals surface area contributed by atoms with Crippen LogP contribution in [-0.4, -0.2) is 41.1 Å². The topological polar surface area (TPSA) is 92.4 Å². The maximum absolute atomic E-state index is 12.9. The average molecular weight is 478 g/mol. The first kappa shape index (κ1) is 21.4. The summed E-state index contributed by atoms with van der Waals surface area (Å²) < 4.78 is 5.41. The Balaban J connectivity index is 1.39. The third-order valence-electron chi connectivity index (χ3n) is 5.49. The summed E-state index contributed by atoms with van der Waals surface area (Å²) in [5.74, 6) is 0.365. The number of anilines is 1. The van der Waals surface area contributed by atoms with Gasteiger partial charge >= 0.3 is 0 Å². The van der Waals surface area contributed by atoms with E-state index in [1.165, 1.54) is 28.0 Å². The molecule has 3 heterocycles. The van der Waals surface area contributed by atoms with Gasteiger partial charge in [-0.05, 0) is 30.7 Å². The third-order valence-corrected chi connectivity index (χ3v) is 7.36. The summed E-state index contributed by atoms with van der Waals surface area (Å²) in [6.45, 7) is 1.97. The molecule has 0 unspecified atom stereocenters. The molecule has 166 valence electrons. The number of thiophene rings is 1. The van der Waals surface area contributed by atoms with Gasteiger partial charge in [0.05, 0.1) is 16.8 Å². The number of nitrogens with zero attached hydrogens (tertiary/aromatic N) is 2. The molecule has 0 aliphatic carbocycles. The summed E-state index contributed by atoms with van der Waals surface area (Å²) in [6.07, 6.45) is 0. The molecule has 0 saturated carbocycles. The second kappa shape index (κ2) is 8.49. The lowest BCUT2D eigenvalue weighted by Crippen LogP contribution is -2.35. The van der Waals surface area contributed by atoms with Crippen LogP contribution in [0.25, 0.3) is 21.3 Å². The molecule has 2 aromatic heterocycles. The summed E-state index contributed by atoms with van der Waals surface area (Å²) >= 11 is 2.65. The highest BCUT2D eigenvalue weighted by atomic mass is 32.2. The summed E-state index contributed by atoms with van der Waals surface area (Å²) in [6, 6.07) is 14.8. The van der Waals surface area contributed by atoms with Gasteiger partial charge in [0.25, 0.3) is 11.5 Å². The first-order valence-electron chi connectivity index (χ1n) is 10.2. The second-order valence-electron chi connectivity index (χ2n) is 7.59. The normalized spacial score (nSPS) is 13.2. The van der Waals surface area contributed by atoms with Crippen LogP contribution in [0.4, 0.5) is 5.69 Å². The number of aromatic nitrogens is 2. The van der Waals surface area contributed by atoms with E-state index in [0.29, 0.717) is 32.4 Å². The van der Waals surface area contributed by atoms with E-state index >= 15 is 0 Å². The van der Waals surface area contributed by atoms with E-state index in [0.717, 1.165) is 16.0 Å². The highest BCUT2D eigenvalue weighted by Crippen LogP contribution is 2.36. The Bertz CT molecular complexity index is 1460. The predicted molar refractivity (Wildman–Crippen MR) is 131 cm³/mol. The first-order valence-corrected chi connectivity index (χ1v) is 12.0. The monoisotopic (exact) mass is 477 g/mol. The number of ether oxygens (including phenoxy) is 1. The van der Waals surface area contributed by atoms with Gasteiger partial charge in [-0.25, -0.2) is 4.98 Å². The SMILES string of the molecule is Cc1sc2nc(SCC(=O)c3ccc4c(c3)N(C)C(=O)CO4)[nH]c(=O)c2c1-c1ccccc1. The minimum atomic E-state index is -0.218. The number of nitrogens with one attached hydrogen (secondary N) is 1. The number of Topliss-reactive ketones (excluding diaryl/α,β-unsaturated/α-hetero) is 1. The van der Waals surface area contributed by atoms with Gasteiger partial charge in [0, 0.05) is 23.1 Å². The Morgan fingerprint density at radius 1 is 1.21 bits per heavy atom. The van der Waals surface area contributed by atoms with Crippen LogP contribution in [0.2, 0.25) is 0 Å². The molecule has 5 rings (SSSR count). The van der Waals surface area contributed by atoms with Crippen molar-refractivity contribution in [2.24, 2.45) is 0 Å². The predicted octanol–water partition coefficient (Wildman–Crippen LogP) is 4.29. The van der Waals surface area contributed by atoms with Crippen LogP contribution in [-0.2, 0) is 4.79 Å². The van der Waals surface area contributed by atoms with E-state index in [1.807, 2.05) is 37.3 Å². The first-order chi connectivity index (χ1) is 15.9. The average Bonchev–Trinajstić information content (AvgIpc) is 3.16. The van der Waals surface area contributed by atoms with Gasteiger partial charge in [0.2, 0.25) is 0 Å². The van der Waals surface area contributed by atoms with Crippen LogP contribution in [0.5, 0.6) is 5.75 Å². The minimum Gasteiger partial charge on any atom is -0.482 e. The molecule has 0 radical (unpaired) electrons. The molecule has 0 bridgehead atoms. The van der Waals surface area contributed by atoms with Crippen molar-refractivity contribution in [1.82, 2.24) is 9.97 Å². The lowest BCUT2D eigenvalue weighted by atomic mass is 10.0. The van der Waals surface area contributed by atoms with Crippen molar-refractivity contribution >= 4 is 50.7 Å². The number of amides is 1. The van der Waals surface area contributed by atoms with E-state index in [-0.39, 0.29) is 29.6 Å². The number of H-pyrrole nitrogens is 1. The number of hydrogen-bond acceptors (Lipinski definition) is 7. The quantitative estimate of drug-likeness (QED) is 0.262. The third kappa shape index (κ3) is 3.94. The molecule has 0 saturated heterocycles. The number of aryl methyl sites for hydroxylation is 1. The van der Waals surface area contributed by atoms with Crippen molar-refractivity contribution in [2.45, 2.75) is 12.1 Å². The van der Waals surface area contributed by atoms with E-state index in [1.54, 1.807) is 25.2 Å². The molecular weight excluding hydrogens is 458 g/mol. The summed E-state index contributed by atoms with van der Waals surface area (Å²) in [5, 5.41) is 0.970. The highest BCUT2D eigenvalue weighted by Gasteiger charge is 2.23. The Morgan fingerprint density at radius 3 is 2.79 bits per heavy atom. The summed E-state index contributed by atoms with van der Waals surface area (Å²) in [7, 11) is 1.66. The standard InChI is InChI=1S/C24H19N3O4S2/c1-13-20(14-6-4-3-5-7-14)21-22(30)25-24(26-23(21)33-13)32-12-17(28)15-8-9-18-16(10-15)27(2)19(29)11-31-18/h3-10H,11-12H2,1-2H3,(H,25,26,30). The van der Waals surface area contributed by atoms with E-state index in [2.05, 4.69) is 9.97 Å². The van der Waals surface area contributed by atoms with Gasteiger partial charge in [0.1, 0.15) is 10.6 Å². The zero-order valence-corrected chi connectivity index (χ0v) is 19.5. The molecule has 33 heavy (non-hydrogen) atoms. The fourth-order valence-corrected chi connectivity index (χ4v) is 5.64. The van der Waals surface area contributed by atoms with Crippen LogP contribution in [0.3, 0.4) is 0 Å². The van der Waals surface area contributed by atoms with Crippen LogP contribution in [0, 0.1) is 6.92 Å². The number of aromatic amines is 1. The fraction of sp³-hybridized carbons (Fsp3) is 0.167. The number of ketones is 1. The van der Waals surface area contributed by atoms with Gasteiger partial charge < -0.3 is 14.6 Å². The van der Waals surface area contributed by atoms with E-state index in [9.17, 15) is 14.4 Å². The molecule has 1 aliphatic rings. The Kier molecular flexibility index (Phi) is 5.51. The van der Waals surface area contributed by atoms with Crippen molar-refractivity contribution < 1.29 is 14.3 Å². The molecule has 2 aromatic carbocycles. The Morgan fingerprint density at radius 2 is 2.00 bits per heavy atom. The van der Waals surface area contributed by atoms with Crippen molar-refractivity contribution in [1.29, 1.82) is 0 Å². The molecule has 0 fully saturated rings.